The first-order valence-electron chi connectivity index (χ1n) is 5.86. The lowest BCUT2D eigenvalue weighted by atomic mass is 9.98. The van der Waals surface area contributed by atoms with Crippen molar-refractivity contribution in [3.05, 3.63) is 0 Å². The molecule has 0 saturated heterocycles. The summed E-state index contributed by atoms with van der Waals surface area (Å²) in [5.41, 5.74) is 0.334. The maximum absolute atomic E-state index is 3.40. The van der Waals surface area contributed by atoms with Gasteiger partial charge >= 0.3 is 0 Å². The molecule has 0 aromatic carbocycles. The predicted octanol–water partition coefficient (Wildman–Crippen LogP) is 2.35. The zero-order valence-electron chi connectivity index (χ0n) is 10.9. The van der Waals surface area contributed by atoms with Crippen LogP contribution in [0.4, 0.5) is 0 Å². The minimum absolute atomic E-state index is 0.334. The summed E-state index contributed by atoms with van der Waals surface area (Å²) in [6.45, 7) is 14.7. The Balaban J connectivity index is 3.86. The standard InChI is InChI=1S/C12H28N2/c1-7-12(4,5)14(6)10-11(3)9-13-8-2/h11,13H,7-10H2,1-6H3. The molecular formula is C12H28N2. The van der Waals surface area contributed by atoms with E-state index in [9.17, 15) is 0 Å². The zero-order valence-corrected chi connectivity index (χ0v) is 10.9. The zero-order chi connectivity index (χ0) is 11.2. The molecule has 0 amide bonds. The maximum atomic E-state index is 3.40. The van der Waals surface area contributed by atoms with E-state index >= 15 is 0 Å². The number of hydrogen-bond donors (Lipinski definition) is 1. The second-order valence-corrected chi connectivity index (χ2v) is 4.96. The van der Waals surface area contributed by atoms with Crippen molar-refractivity contribution < 1.29 is 0 Å². The van der Waals surface area contributed by atoms with Gasteiger partial charge in [0.2, 0.25) is 0 Å². The highest BCUT2D eigenvalue weighted by Crippen LogP contribution is 2.17. The SMILES string of the molecule is CCNCC(C)CN(C)C(C)(C)CC. The van der Waals surface area contributed by atoms with Gasteiger partial charge in [-0.3, -0.25) is 0 Å². The summed E-state index contributed by atoms with van der Waals surface area (Å²) in [4.78, 5) is 2.47. The minimum atomic E-state index is 0.334. The van der Waals surface area contributed by atoms with Gasteiger partial charge < -0.3 is 10.2 Å². The van der Waals surface area contributed by atoms with Crippen LogP contribution in [0, 0.1) is 5.92 Å². The van der Waals surface area contributed by atoms with Crippen molar-refractivity contribution in [2.24, 2.45) is 5.92 Å². The third-order valence-corrected chi connectivity index (χ3v) is 3.23. The summed E-state index contributed by atoms with van der Waals surface area (Å²) in [5, 5.41) is 3.40. The van der Waals surface area contributed by atoms with Crippen LogP contribution in [0.3, 0.4) is 0 Å². The maximum Gasteiger partial charge on any atom is 0.0147 e. The lowest BCUT2D eigenvalue weighted by Gasteiger charge is -2.36. The average molecular weight is 200 g/mol. The summed E-state index contributed by atoms with van der Waals surface area (Å²) in [6.07, 6.45) is 1.21. The van der Waals surface area contributed by atoms with Gasteiger partial charge in [-0.25, -0.2) is 0 Å². The molecule has 14 heavy (non-hydrogen) atoms. The van der Waals surface area contributed by atoms with E-state index in [1.165, 1.54) is 13.0 Å². The molecular weight excluding hydrogens is 172 g/mol. The third-order valence-electron chi connectivity index (χ3n) is 3.23. The smallest absolute Gasteiger partial charge is 0.0147 e. The number of hydrogen-bond acceptors (Lipinski definition) is 2. The highest BCUT2D eigenvalue weighted by atomic mass is 15.2. The van der Waals surface area contributed by atoms with Gasteiger partial charge in [0.25, 0.3) is 0 Å². The topological polar surface area (TPSA) is 15.3 Å². The number of nitrogens with one attached hydrogen (secondary N) is 1. The second kappa shape index (κ2) is 6.41. The van der Waals surface area contributed by atoms with E-state index in [0.29, 0.717) is 5.54 Å². The molecule has 1 unspecified atom stereocenters. The van der Waals surface area contributed by atoms with Crippen molar-refractivity contribution in [3.8, 4) is 0 Å². The van der Waals surface area contributed by atoms with E-state index in [2.05, 4.69) is 51.9 Å². The Labute approximate surface area is 90.1 Å². The Morgan fingerprint density at radius 1 is 1.29 bits per heavy atom. The molecule has 0 rings (SSSR count). The van der Waals surface area contributed by atoms with Crippen LogP contribution in [0.15, 0.2) is 0 Å². The average Bonchev–Trinajstić information content (AvgIpc) is 2.14. The summed E-state index contributed by atoms with van der Waals surface area (Å²) in [7, 11) is 2.23. The summed E-state index contributed by atoms with van der Waals surface area (Å²) >= 11 is 0. The monoisotopic (exact) mass is 200 g/mol. The van der Waals surface area contributed by atoms with Crippen molar-refractivity contribution >= 4 is 0 Å². The molecule has 0 aliphatic rings. The fraction of sp³-hybridized carbons (Fsp3) is 1.00. The predicted molar refractivity (Wildman–Crippen MR) is 64.7 cm³/mol. The molecule has 86 valence electrons. The first-order valence-corrected chi connectivity index (χ1v) is 5.86. The van der Waals surface area contributed by atoms with Gasteiger partial charge in [0.15, 0.2) is 0 Å². The van der Waals surface area contributed by atoms with Crippen molar-refractivity contribution in [1.29, 1.82) is 0 Å². The van der Waals surface area contributed by atoms with Crippen LogP contribution in [0.2, 0.25) is 0 Å². The third kappa shape index (κ3) is 4.97. The molecule has 1 N–H and O–H groups in total. The number of rotatable bonds is 7. The Morgan fingerprint density at radius 3 is 2.29 bits per heavy atom. The van der Waals surface area contributed by atoms with E-state index in [0.717, 1.165) is 19.0 Å². The Bertz CT molecular complexity index is 143. The lowest BCUT2D eigenvalue weighted by Crippen LogP contribution is -2.44. The molecule has 2 heteroatoms. The van der Waals surface area contributed by atoms with Gasteiger partial charge in [-0.1, -0.05) is 20.8 Å². The molecule has 0 heterocycles. The first kappa shape index (κ1) is 13.9. The normalized spacial score (nSPS) is 14.8. The summed E-state index contributed by atoms with van der Waals surface area (Å²) in [5.74, 6) is 0.728. The van der Waals surface area contributed by atoms with E-state index in [4.69, 9.17) is 0 Å². The highest BCUT2D eigenvalue weighted by molar-refractivity contribution is 4.78. The van der Waals surface area contributed by atoms with Gasteiger partial charge in [-0.2, -0.15) is 0 Å². The molecule has 0 saturated carbocycles. The van der Waals surface area contributed by atoms with Crippen LogP contribution < -0.4 is 5.32 Å². The van der Waals surface area contributed by atoms with Crippen molar-refractivity contribution in [2.45, 2.75) is 46.6 Å². The summed E-state index contributed by atoms with van der Waals surface area (Å²) in [6, 6.07) is 0. The van der Waals surface area contributed by atoms with Crippen LogP contribution in [0.1, 0.15) is 41.0 Å². The first-order chi connectivity index (χ1) is 6.44. The van der Waals surface area contributed by atoms with Crippen molar-refractivity contribution in [1.82, 2.24) is 10.2 Å². The van der Waals surface area contributed by atoms with Gasteiger partial charge in [-0.05, 0) is 46.3 Å². The van der Waals surface area contributed by atoms with Crippen LogP contribution in [-0.4, -0.2) is 37.1 Å². The van der Waals surface area contributed by atoms with Crippen LogP contribution in [-0.2, 0) is 0 Å². The van der Waals surface area contributed by atoms with Crippen LogP contribution in [0.25, 0.3) is 0 Å². The highest BCUT2D eigenvalue weighted by Gasteiger charge is 2.21. The fourth-order valence-corrected chi connectivity index (χ4v) is 1.44. The molecule has 0 aliphatic heterocycles. The minimum Gasteiger partial charge on any atom is -0.317 e. The molecule has 0 aromatic heterocycles. The largest absolute Gasteiger partial charge is 0.317 e. The Morgan fingerprint density at radius 2 is 1.86 bits per heavy atom. The molecule has 1 atom stereocenters. The molecule has 0 bridgehead atoms. The number of nitrogens with zero attached hydrogens (tertiary/aromatic N) is 1. The van der Waals surface area contributed by atoms with Crippen molar-refractivity contribution in [3.63, 3.8) is 0 Å². The van der Waals surface area contributed by atoms with E-state index in [-0.39, 0.29) is 0 Å². The van der Waals surface area contributed by atoms with Crippen LogP contribution >= 0.6 is 0 Å². The Kier molecular flexibility index (Phi) is 6.38. The molecule has 2 nitrogen and oxygen atoms in total. The fourth-order valence-electron chi connectivity index (χ4n) is 1.44. The van der Waals surface area contributed by atoms with Gasteiger partial charge in [-0.15, -0.1) is 0 Å². The van der Waals surface area contributed by atoms with Gasteiger partial charge in [0, 0.05) is 12.1 Å². The van der Waals surface area contributed by atoms with Crippen molar-refractivity contribution in [2.75, 3.05) is 26.7 Å². The van der Waals surface area contributed by atoms with E-state index < -0.39 is 0 Å². The lowest BCUT2D eigenvalue weighted by molar-refractivity contribution is 0.131. The van der Waals surface area contributed by atoms with E-state index in [1.807, 2.05) is 0 Å². The summed E-state index contributed by atoms with van der Waals surface area (Å²) < 4.78 is 0. The molecule has 0 fully saturated rings. The molecule has 0 aromatic rings. The quantitative estimate of drug-likeness (QED) is 0.678. The van der Waals surface area contributed by atoms with Gasteiger partial charge in [0.05, 0.1) is 0 Å². The van der Waals surface area contributed by atoms with E-state index in [1.54, 1.807) is 0 Å². The van der Waals surface area contributed by atoms with Gasteiger partial charge in [0.1, 0.15) is 0 Å². The molecule has 0 aliphatic carbocycles. The second-order valence-electron chi connectivity index (χ2n) is 4.96. The van der Waals surface area contributed by atoms with Crippen LogP contribution in [0.5, 0.6) is 0 Å². The molecule has 0 radical (unpaired) electrons. The molecule has 0 spiro atoms. The Hall–Kier alpha value is -0.0800.